The third-order valence-corrected chi connectivity index (χ3v) is 5.88. The Morgan fingerprint density at radius 2 is 1.72 bits per heavy atom. The Bertz CT molecular complexity index is 1190. The zero-order valence-corrected chi connectivity index (χ0v) is 17.5. The van der Waals surface area contributed by atoms with E-state index in [9.17, 15) is 0 Å². The van der Waals surface area contributed by atoms with E-state index in [1.165, 1.54) is 16.7 Å². The van der Waals surface area contributed by atoms with E-state index < -0.39 is 0 Å². The van der Waals surface area contributed by atoms with E-state index >= 15 is 0 Å². The Morgan fingerprint density at radius 1 is 0.931 bits per heavy atom. The number of anilines is 3. The lowest BCUT2D eigenvalue weighted by molar-refractivity contribution is 0.289. The minimum absolute atomic E-state index is 0.709. The third kappa shape index (κ3) is 3.18. The number of ether oxygens (including phenoxy) is 1. The molecule has 0 fully saturated rings. The average Bonchev–Trinajstić information content (AvgIpc) is 3.06. The molecule has 1 aliphatic rings. The summed E-state index contributed by atoms with van der Waals surface area (Å²) in [5, 5.41) is 1.02. The number of rotatable bonds is 3. The van der Waals surface area contributed by atoms with Gasteiger partial charge in [-0.25, -0.2) is 0 Å². The normalized spacial score (nSPS) is 13.2. The second-order valence-electron chi connectivity index (χ2n) is 7.64. The number of furan rings is 1. The molecule has 0 N–H and O–H groups in total. The fourth-order valence-electron chi connectivity index (χ4n) is 3.94. The largest absolute Gasteiger partial charge is 0.491 e. The molecular weight excluding hydrogens is 378 g/mol. The van der Waals surface area contributed by atoms with Crippen LogP contribution in [-0.4, -0.2) is 6.61 Å². The molecule has 1 aliphatic heterocycles. The molecule has 0 unspecified atom stereocenters. The highest BCUT2D eigenvalue weighted by Crippen LogP contribution is 2.47. The van der Waals surface area contributed by atoms with Crippen molar-refractivity contribution in [3.05, 3.63) is 77.4 Å². The summed E-state index contributed by atoms with van der Waals surface area (Å²) in [6.07, 6.45) is 2.07. The summed E-state index contributed by atoms with van der Waals surface area (Å²) in [6, 6.07) is 21.0. The fourth-order valence-corrected chi connectivity index (χ4v) is 4.26. The van der Waals surface area contributed by atoms with Crippen LogP contribution in [0.15, 0.2) is 70.0 Å². The lowest BCUT2D eigenvalue weighted by atomic mass is 10.0. The quantitative estimate of drug-likeness (QED) is 0.370. The van der Waals surface area contributed by atoms with Gasteiger partial charge in [-0.1, -0.05) is 41.5 Å². The molecule has 0 atom stereocenters. The maximum atomic E-state index is 6.34. The first-order valence-corrected chi connectivity index (χ1v) is 10.4. The molecule has 5 rings (SSSR count). The number of nitrogens with zero attached hydrogens (tertiary/aromatic N) is 1. The fraction of sp³-hybridized carbons (Fsp3) is 0.200. The van der Waals surface area contributed by atoms with Gasteiger partial charge in [0, 0.05) is 11.1 Å². The third-order valence-electron chi connectivity index (χ3n) is 5.45. The highest BCUT2D eigenvalue weighted by Gasteiger charge is 2.26. The second kappa shape index (κ2) is 7.20. The van der Waals surface area contributed by atoms with Gasteiger partial charge in [-0.3, -0.25) is 4.90 Å². The van der Waals surface area contributed by atoms with Crippen LogP contribution in [0.2, 0.25) is 0 Å². The van der Waals surface area contributed by atoms with Gasteiger partial charge >= 0.3 is 0 Å². The molecule has 2 heterocycles. The van der Waals surface area contributed by atoms with Crippen molar-refractivity contribution < 1.29 is 9.15 Å². The lowest BCUT2D eigenvalue weighted by Gasteiger charge is -2.28. The molecule has 0 bridgehead atoms. The Kier molecular flexibility index (Phi) is 4.51. The van der Waals surface area contributed by atoms with Crippen LogP contribution in [0, 0.1) is 13.8 Å². The van der Waals surface area contributed by atoms with E-state index in [4.69, 9.17) is 21.8 Å². The van der Waals surface area contributed by atoms with Crippen LogP contribution < -0.4 is 9.64 Å². The van der Waals surface area contributed by atoms with Gasteiger partial charge in [0.1, 0.15) is 11.3 Å². The van der Waals surface area contributed by atoms with Crippen LogP contribution in [-0.2, 0) is 6.42 Å². The molecule has 4 heteroatoms. The van der Waals surface area contributed by atoms with Gasteiger partial charge in [0.15, 0.2) is 0 Å². The molecule has 0 saturated heterocycles. The molecule has 146 valence electrons. The van der Waals surface area contributed by atoms with E-state index in [1.54, 1.807) is 0 Å². The zero-order valence-electron chi connectivity index (χ0n) is 16.6. The van der Waals surface area contributed by atoms with Gasteiger partial charge < -0.3 is 9.15 Å². The van der Waals surface area contributed by atoms with E-state index in [0.717, 1.165) is 52.4 Å². The summed E-state index contributed by atoms with van der Waals surface area (Å²) in [7, 11) is 0. The maximum Gasteiger partial charge on any atom is 0.219 e. The van der Waals surface area contributed by atoms with Gasteiger partial charge in [-0.2, -0.15) is 0 Å². The van der Waals surface area contributed by atoms with Crippen molar-refractivity contribution >= 4 is 40.9 Å². The summed E-state index contributed by atoms with van der Waals surface area (Å²) in [5.41, 5.74) is 6.46. The number of thiol groups is 1. The van der Waals surface area contributed by atoms with E-state index in [1.807, 2.05) is 6.07 Å². The highest BCUT2D eigenvalue weighted by molar-refractivity contribution is 7.80. The van der Waals surface area contributed by atoms with Crippen LogP contribution in [0.3, 0.4) is 0 Å². The number of hydrogen-bond acceptors (Lipinski definition) is 4. The number of para-hydroxylation sites is 1. The standard InChI is InChI=1S/C25H23NO2S/c1-16-8-11-19(12-9-16)26(21-7-3-5-18-6-4-14-27-23(18)21)25-24(29)20-15-17(2)10-13-22(20)28-25/h3,5,7-13,15,29H,4,6,14H2,1-2H3. The second-order valence-corrected chi connectivity index (χ2v) is 8.09. The predicted molar refractivity (Wildman–Crippen MR) is 121 cm³/mol. The molecule has 3 nitrogen and oxygen atoms in total. The summed E-state index contributed by atoms with van der Waals surface area (Å²) in [5.74, 6) is 1.64. The highest BCUT2D eigenvalue weighted by atomic mass is 32.1. The lowest BCUT2D eigenvalue weighted by Crippen LogP contribution is -2.15. The molecule has 4 aromatic rings. The van der Waals surface area contributed by atoms with Crippen LogP contribution in [0.1, 0.15) is 23.1 Å². The molecule has 1 aromatic heterocycles. The number of hydrogen-bond donors (Lipinski definition) is 1. The Labute approximate surface area is 176 Å². The molecule has 0 saturated carbocycles. The van der Waals surface area contributed by atoms with Crippen molar-refractivity contribution in [3.8, 4) is 5.75 Å². The minimum Gasteiger partial charge on any atom is -0.491 e. The van der Waals surface area contributed by atoms with E-state index in [2.05, 4.69) is 73.3 Å². The number of benzene rings is 3. The predicted octanol–water partition coefficient (Wildman–Crippen LogP) is 7.13. The Hall–Kier alpha value is -2.85. The topological polar surface area (TPSA) is 25.6 Å². The molecule has 0 aliphatic carbocycles. The molecular formula is C25H23NO2S. The van der Waals surface area contributed by atoms with Crippen molar-refractivity contribution in [3.63, 3.8) is 0 Å². The number of fused-ring (bicyclic) bond motifs is 2. The minimum atomic E-state index is 0.709. The van der Waals surface area contributed by atoms with Crippen molar-refractivity contribution in [2.45, 2.75) is 31.6 Å². The summed E-state index contributed by atoms with van der Waals surface area (Å²) < 4.78 is 12.5. The van der Waals surface area contributed by atoms with Crippen LogP contribution in [0.25, 0.3) is 11.0 Å². The summed E-state index contributed by atoms with van der Waals surface area (Å²) in [6.45, 7) is 4.91. The smallest absolute Gasteiger partial charge is 0.219 e. The van der Waals surface area contributed by atoms with Crippen LogP contribution in [0.4, 0.5) is 17.3 Å². The van der Waals surface area contributed by atoms with Crippen molar-refractivity contribution in [2.75, 3.05) is 11.5 Å². The maximum absolute atomic E-state index is 6.34. The average molecular weight is 402 g/mol. The summed E-state index contributed by atoms with van der Waals surface area (Å²) >= 11 is 4.87. The molecule has 0 radical (unpaired) electrons. The molecule has 0 spiro atoms. The monoisotopic (exact) mass is 401 g/mol. The van der Waals surface area contributed by atoms with Crippen molar-refractivity contribution in [1.82, 2.24) is 0 Å². The van der Waals surface area contributed by atoms with Crippen LogP contribution in [0.5, 0.6) is 5.75 Å². The molecule has 0 amide bonds. The van der Waals surface area contributed by atoms with Crippen LogP contribution >= 0.6 is 12.6 Å². The SMILES string of the molecule is Cc1ccc(N(c2cccc3c2OCCC3)c2oc3ccc(C)cc3c2S)cc1. The van der Waals surface area contributed by atoms with E-state index in [-0.39, 0.29) is 0 Å². The first-order chi connectivity index (χ1) is 14.1. The Morgan fingerprint density at radius 3 is 2.55 bits per heavy atom. The molecule has 29 heavy (non-hydrogen) atoms. The van der Waals surface area contributed by atoms with Crippen molar-refractivity contribution in [2.24, 2.45) is 0 Å². The van der Waals surface area contributed by atoms with Gasteiger partial charge in [0.25, 0.3) is 0 Å². The van der Waals surface area contributed by atoms with E-state index in [0.29, 0.717) is 5.88 Å². The summed E-state index contributed by atoms with van der Waals surface area (Å²) in [4.78, 5) is 2.96. The van der Waals surface area contributed by atoms with Gasteiger partial charge in [-0.15, -0.1) is 12.6 Å². The Balaban J connectivity index is 1.77. The van der Waals surface area contributed by atoms with Gasteiger partial charge in [0.2, 0.25) is 5.88 Å². The van der Waals surface area contributed by atoms with Gasteiger partial charge in [0.05, 0.1) is 17.2 Å². The first-order valence-electron chi connectivity index (χ1n) is 9.95. The molecule has 3 aromatic carbocycles. The number of aryl methyl sites for hydroxylation is 3. The van der Waals surface area contributed by atoms with Gasteiger partial charge in [-0.05, 0) is 62.6 Å². The first kappa shape index (κ1) is 18.2. The van der Waals surface area contributed by atoms with Crippen molar-refractivity contribution in [1.29, 1.82) is 0 Å². The zero-order chi connectivity index (χ0) is 20.0.